The number of halogens is 3. The molecule has 1 aliphatic carbocycles. The lowest BCUT2D eigenvalue weighted by molar-refractivity contribution is 0.0669. The van der Waals surface area contributed by atoms with Crippen LogP contribution in [0.15, 0.2) is 12.1 Å². The van der Waals surface area contributed by atoms with Crippen molar-refractivity contribution in [2.45, 2.75) is 37.8 Å². The Morgan fingerprint density at radius 1 is 1.17 bits per heavy atom. The van der Waals surface area contributed by atoms with Crippen LogP contribution in [0.25, 0.3) is 0 Å². The van der Waals surface area contributed by atoms with Crippen molar-refractivity contribution in [3.8, 4) is 0 Å². The van der Waals surface area contributed by atoms with Crippen LogP contribution < -0.4 is 5.32 Å². The number of benzene rings is 1. The highest BCUT2D eigenvalue weighted by molar-refractivity contribution is 5.46. The fraction of sp³-hybridized carbons (Fsp3) is 0.538. The van der Waals surface area contributed by atoms with E-state index in [1.165, 1.54) is 6.07 Å². The Morgan fingerprint density at radius 3 is 2.67 bits per heavy atom. The lowest BCUT2D eigenvalue weighted by Crippen LogP contribution is -2.31. The van der Waals surface area contributed by atoms with Crippen molar-refractivity contribution in [2.24, 2.45) is 0 Å². The van der Waals surface area contributed by atoms with Crippen LogP contribution in [-0.2, 0) is 4.74 Å². The van der Waals surface area contributed by atoms with Gasteiger partial charge in [-0.2, -0.15) is 0 Å². The van der Waals surface area contributed by atoms with Gasteiger partial charge in [0.25, 0.3) is 0 Å². The molecule has 1 aromatic carbocycles. The molecular weight excluding hydrogens is 243 g/mol. The van der Waals surface area contributed by atoms with Gasteiger partial charge < -0.3 is 10.1 Å². The van der Waals surface area contributed by atoms with Crippen LogP contribution >= 0.6 is 0 Å². The summed E-state index contributed by atoms with van der Waals surface area (Å²) in [5.74, 6) is -3.76. The van der Waals surface area contributed by atoms with E-state index in [1.54, 1.807) is 7.11 Å². The molecule has 1 fully saturated rings. The van der Waals surface area contributed by atoms with Crippen molar-refractivity contribution in [3.05, 3.63) is 29.6 Å². The minimum atomic E-state index is -1.43. The Bertz CT molecular complexity index is 425. The van der Waals surface area contributed by atoms with Crippen molar-refractivity contribution in [3.63, 3.8) is 0 Å². The zero-order chi connectivity index (χ0) is 13.1. The molecule has 0 bridgehead atoms. The van der Waals surface area contributed by atoms with E-state index in [9.17, 15) is 13.2 Å². The fourth-order valence-electron chi connectivity index (χ4n) is 2.35. The van der Waals surface area contributed by atoms with E-state index in [-0.39, 0.29) is 17.8 Å². The number of hydrogen-bond acceptors (Lipinski definition) is 2. The molecule has 0 heterocycles. The Hall–Kier alpha value is -1.23. The lowest BCUT2D eigenvalue weighted by Gasteiger charge is -2.29. The lowest BCUT2D eigenvalue weighted by atomic mass is 9.92. The molecule has 100 valence electrons. The van der Waals surface area contributed by atoms with Gasteiger partial charge in [-0.15, -0.1) is 0 Å². The SMILES string of the molecule is COC1CCCC(Nc2ccc(F)c(F)c2F)C1. The maximum atomic E-state index is 13.5. The largest absolute Gasteiger partial charge is 0.381 e. The highest BCUT2D eigenvalue weighted by atomic mass is 19.2. The number of methoxy groups -OCH3 is 1. The fourth-order valence-corrected chi connectivity index (χ4v) is 2.35. The molecular formula is C13H16F3NO. The third-order valence-corrected chi connectivity index (χ3v) is 3.35. The first-order valence-corrected chi connectivity index (χ1v) is 6.04. The summed E-state index contributed by atoms with van der Waals surface area (Å²) in [6.07, 6.45) is 3.72. The molecule has 0 saturated heterocycles. The smallest absolute Gasteiger partial charge is 0.196 e. The first-order chi connectivity index (χ1) is 8.61. The first kappa shape index (κ1) is 13.2. The maximum absolute atomic E-state index is 13.5. The van der Waals surface area contributed by atoms with Crippen molar-refractivity contribution in [2.75, 3.05) is 12.4 Å². The molecule has 2 atom stereocenters. The summed E-state index contributed by atoms with van der Waals surface area (Å²) in [6.45, 7) is 0. The minimum absolute atomic E-state index is 0.00986. The predicted molar refractivity (Wildman–Crippen MR) is 63.0 cm³/mol. The molecule has 1 aliphatic rings. The van der Waals surface area contributed by atoms with Gasteiger partial charge in [-0.25, -0.2) is 13.2 Å². The van der Waals surface area contributed by atoms with Gasteiger partial charge in [0.1, 0.15) is 0 Å². The van der Waals surface area contributed by atoms with Crippen LogP contribution in [0.3, 0.4) is 0 Å². The van der Waals surface area contributed by atoms with Crippen molar-refractivity contribution >= 4 is 5.69 Å². The standard InChI is InChI=1S/C13H16F3NO/c1-18-9-4-2-3-8(7-9)17-11-6-5-10(14)12(15)13(11)16/h5-6,8-9,17H,2-4,7H2,1H3. The van der Waals surface area contributed by atoms with Crippen LogP contribution in [0, 0.1) is 17.5 Å². The van der Waals surface area contributed by atoms with E-state index in [1.807, 2.05) is 0 Å². The van der Waals surface area contributed by atoms with E-state index in [0.717, 1.165) is 31.7 Å². The third kappa shape index (κ3) is 2.77. The summed E-state index contributed by atoms with van der Waals surface area (Å²) in [5.41, 5.74) is 0.00986. The second-order valence-electron chi connectivity index (χ2n) is 4.59. The summed E-state index contributed by atoms with van der Waals surface area (Å²) < 4.78 is 44.6. The van der Waals surface area contributed by atoms with Gasteiger partial charge in [-0.1, -0.05) is 0 Å². The van der Waals surface area contributed by atoms with E-state index >= 15 is 0 Å². The minimum Gasteiger partial charge on any atom is -0.381 e. The molecule has 5 heteroatoms. The summed E-state index contributed by atoms with van der Waals surface area (Å²) in [7, 11) is 1.64. The molecule has 1 aromatic rings. The zero-order valence-electron chi connectivity index (χ0n) is 10.2. The normalized spacial score (nSPS) is 24.0. The monoisotopic (exact) mass is 259 g/mol. The maximum Gasteiger partial charge on any atom is 0.196 e. The van der Waals surface area contributed by atoms with Gasteiger partial charge in [0, 0.05) is 13.2 Å². The summed E-state index contributed by atoms with van der Waals surface area (Å²) in [5, 5.41) is 2.92. The molecule has 1 saturated carbocycles. The summed E-state index contributed by atoms with van der Waals surface area (Å²) in [4.78, 5) is 0. The topological polar surface area (TPSA) is 21.3 Å². The first-order valence-electron chi connectivity index (χ1n) is 6.04. The average molecular weight is 259 g/mol. The molecule has 2 unspecified atom stereocenters. The molecule has 2 nitrogen and oxygen atoms in total. The van der Waals surface area contributed by atoms with E-state index < -0.39 is 17.5 Å². The Kier molecular flexibility index (Phi) is 4.11. The molecule has 0 aromatic heterocycles. The van der Waals surface area contributed by atoms with Gasteiger partial charge in [0.15, 0.2) is 17.5 Å². The molecule has 18 heavy (non-hydrogen) atoms. The molecule has 1 N–H and O–H groups in total. The van der Waals surface area contributed by atoms with Crippen molar-refractivity contribution in [1.29, 1.82) is 0 Å². The predicted octanol–water partition coefficient (Wildman–Crippen LogP) is 3.47. The number of hydrogen-bond donors (Lipinski definition) is 1. The van der Waals surface area contributed by atoms with E-state index in [0.29, 0.717) is 0 Å². The highest BCUT2D eigenvalue weighted by Gasteiger charge is 2.23. The highest BCUT2D eigenvalue weighted by Crippen LogP contribution is 2.26. The van der Waals surface area contributed by atoms with Crippen LogP contribution in [0.5, 0.6) is 0 Å². The number of nitrogens with one attached hydrogen (secondary N) is 1. The molecule has 0 radical (unpaired) electrons. The number of rotatable bonds is 3. The van der Waals surface area contributed by atoms with E-state index in [4.69, 9.17) is 4.74 Å². The van der Waals surface area contributed by atoms with E-state index in [2.05, 4.69) is 5.32 Å². The van der Waals surface area contributed by atoms with Crippen molar-refractivity contribution in [1.82, 2.24) is 0 Å². The third-order valence-electron chi connectivity index (χ3n) is 3.35. The van der Waals surface area contributed by atoms with Gasteiger partial charge in [-0.3, -0.25) is 0 Å². The summed E-state index contributed by atoms with van der Waals surface area (Å²) in [6, 6.07) is 2.18. The Morgan fingerprint density at radius 2 is 1.94 bits per heavy atom. The average Bonchev–Trinajstić information content (AvgIpc) is 2.40. The van der Waals surface area contributed by atoms with Crippen LogP contribution in [0.2, 0.25) is 0 Å². The van der Waals surface area contributed by atoms with Gasteiger partial charge in [0.2, 0.25) is 0 Å². The second kappa shape index (κ2) is 5.61. The van der Waals surface area contributed by atoms with Crippen LogP contribution in [-0.4, -0.2) is 19.3 Å². The molecule has 0 amide bonds. The Balaban J connectivity index is 2.07. The quantitative estimate of drug-likeness (QED) is 0.839. The zero-order valence-corrected chi connectivity index (χ0v) is 10.2. The second-order valence-corrected chi connectivity index (χ2v) is 4.59. The van der Waals surface area contributed by atoms with Gasteiger partial charge in [-0.05, 0) is 37.8 Å². The van der Waals surface area contributed by atoms with Crippen LogP contribution in [0.1, 0.15) is 25.7 Å². The van der Waals surface area contributed by atoms with Crippen LogP contribution in [0.4, 0.5) is 18.9 Å². The molecule has 2 rings (SSSR count). The molecule has 0 spiro atoms. The number of anilines is 1. The number of ether oxygens (including phenoxy) is 1. The van der Waals surface area contributed by atoms with Gasteiger partial charge in [0.05, 0.1) is 11.8 Å². The Labute approximate surface area is 104 Å². The molecule has 0 aliphatic heterocycles. The van der Waals surface area contributed by atoms with Crippen molar-refractivity contribution < 1.29 is 17.9 Å². The summed E-state index contributed by atoms with van der Waals surface area (Å²) >= 11 is 0. The van der Waals surface area contributed by atoms with Gasteiger partial charge >= 0.3 is 0 Å².